The second-order valence-corrected chi connectivity index (χ2v) is 11.0. The van der Waals surface area contributed by atoms with E-state index in [0.717, 1.165) is 36.9 Å². The molecule has 35 heavy (non-hydrogen) atoms. The number of pyridine rings is 1. The highest BCUT2D eigenvalue weighted by Crippen LogP contribution is 2.53. The first-order chi connectivity index (χ1) is 16.8. The molecule has 0 radical (unpaired) electrons. The topological polar surface area (TPSA) is 68.3 Å². The summed E-state index contributed by atoms with van der Waals surface area (Å²) < 4.78 is 17.3. The Morgan fingerprint density at radius 1 is 1.26 bits per heavy atom. The molecule has 9 heteroatoms. The van der Waals surface area contributed by atoms with E-state index < -0.39 is 0 Å². The zero-order valence-corrected chi connectivity index (χ0v) is 20.7. The van der Waals surface area contributed by atoms with Gasteiger partial charge in [0.2, 0.25) is 0 Å². The van der Waals surface area contributed by atoms with Crippen LogP contribution in [0.1, 0.15) is 37.3 Å². The quantitative estimate of drug-likeness (QED) is 0.404. The molecule has 1 spiro atoms. The first kappa shape index (κ1) is 22.6. The lowest BCUT2D eigenvalue weighted by atomic mass is 9.56. The van der Waals surface area contributed by atoms with Crippen LogP contribution < -0.4 is 5.56 Å². The summed E-state index contributed by atoms with van der Waals surface area (Å²) in [6, 6.07) is 6.10. The molecule has 0 N–H and O–H groups in total. The maximum atomic E-state index is 14.4. The first-order valence-corrected chi connectivity index (χ1v) is 12.5. The summed E-state index contributed by atoms with van der Waals surface area (Å²) in [5, 5.41) is 14.0. The number of aryl methyl sites for hydroxylation is 2. The van der Waals surface area contributed by atoms with Crippen molar-refractivity contribution in [2.45, 2.75) is 45.1 Å². The van der Waals surface area contributed by atoms with Gasteiger partial charge in [0.25, 0.3) is 5.56 Å². The van der Waals surface area contributed by atoms with Crippen LogP contribution in [-0.2, 0) is 19.9 Å². The van der Waals surface area contributed by atoms with Gasteiger partial charge in [0, 0.05) is 37.8 Å². The summed E-state index contributed by atoms with van der Waals surface area (Å²) in [6.45, 7) is 4.46. The number of fused-ring (bicyclic) bond motifs is 2. The van der Waals surface area contributed by atoms with Crippen LogP contribution in [-0.4, -0.2) is 48.4 Å². The lowest BCUT2D eigenvalue weighted by Crippen LogP contribution is -2.64. The lowest BCUT2D eigenvalue weighted by Gasteiger charge is -2.61. The van der Waals surface area contributed by atoms with E-state index in [2.05, 4.69) is 27.1 Å². The van der Waals surface area contributed by atoms with E-state index >= 15 is 0 Å². The van der Waals surface area contributed by atoms with Crippen molar-refractivity contribution in [2.24, 2.45) is 18.4 Å². The Balaban J connectivity index is 1.04. The SMILES string of the molecule is C[C@@H](CCc1cc2nncn2cc1F)N1CC2(CC(Cc3ccc(Cl)c4c(=O)n(C)ncc34)C2)C1. The molecule has 2 aliphatic rings. The molecule has 1 aromatic carbocycles. The predicted octanol–water partition coefficient (Wildman–Crippen LogP) is 4.04. The molecule has 3 aromatic heterocycles. The Hall–Kier alpha value is -2.84. The van der Waals surface area contributed by atoms with Crippen molar-refractivity contribution in [3.8, 4) is 0 Å². The van der Waals surface area contributed by atoms with E-state index in [1.807, 2.05) is 12.1 Å². The molecule has 0 amide bonds. The van der Waals surface area contributed by atoms with E-state index in [9.17, 15) is 9.18 Å². The highest BCUT2D eigenvalue weighted by Gasteiger charge is 2.52. The normalized spacial score (nSPS) is 18.7. The molecule has 6 rings (SSSR count). The highest BCUT2D eigenvalue weighted by atomic mass is 35.5. The number of hydrogen-bond acceptors (Lipinski definition) is 5. The van der Waals surface area contributed by atoms with Gasteiger partial charge in [-0.05, 0) is 73.6 Å². The third-order valence-corrected chi connectivity index (χ3v) is 8.41. The smallest absolute Gasteiger partial charge is 0.275 e. The van der Waals surface area contributed by atoms with Crippen molar-refractivity contribution < 1.29 is 4.39 Å². The van der Waals surface area contributed by atoms with Gasteiger partial charge in [-0.3, -0.25) is 14.1 Å². The van der Waals surface area contributed by atoms with Crippen LogP contribution >= 0.6 is 11.6 Å². The third kappa shape index (κ3) is 3.93. The summed E-state index contributed by atoms with van der Waals surface area (Å²) in [7, 11) is 1.65. The molecular formula is C26H28ClFN6O. The molecule has 0 unspecified atom stereocenters. The average molecular weight is 495 g/mol. The Bertz CT molecular complexity index is 1480. The van der Waals surface area contributed by atoms with E-state index in [-0.39, 0.29) is 11.4 Å². The van der Waals surface area contributed by atoms with Crippen LogP contribution in [0.3, 0.4) is 0 Å². The molecule has 4 aromatic rings. The molecule has 1 saturated carbocycles. The van der Waals surface area contributed by atoms with Gasteiger partial charge in [0.05, 0.1) is 16.6 Å². The first-order valence-electron chi connectivity index (χ1n) is 12.2. The average Bonchev–Trinajstić information content (AvgIpc) is 3.23. The van der Waals surface area contributed by atoms with Crippen molar-refractivity contribution in [3.63, 3.8) is 0 Å². The Kier molecular flexibility index (Phi) is 5.41. The Morgan fingerprint density at radius 3 is 2.86 bits per heavy atom. The summed E-state index contributed by atoms with van der Waals surface area (Å²) in [5.41, 5.74) is 2.81. The van der Waals surface area contributed by atoms with Crippen molar-refractivity contribution in [1.29, 1.82) is 0 Å². The van der Waals surface area contributed by atoms with Crippen LogP contribution in [0.5, 0.6) is 0 Å². The summed E-state index contributed by atoms with van der Waals surface area (Å²) in [6.07, 6.45) is 9.71. The van der Waals surface area contributed by atoms with Crippen molar-refractivity contribution >= 4 is 28.0 Å². The molecule has 2 fully saturated rings. The van der Waals surface area contributed by atoms with Crippen LogP contribution in [0.25, 0.3) is 16.4 Å². The fourth-order valence-electron chi connectivity index (χ4n) is 6.17. The van der Waals surface area contributed by atoms with Crippen molar-refractivity contribution in [2.75, 3.05) is 13.1 Å². The van der Waals surface area contributed by atoms with Gasteiger partial charge < -0.3 is 0 Å². The number of rotatable bonds is 6. The Morgan fingerprint density at radius 2 is 2.06 bits per heavy atom. The molecule has 182 valence electrons. The van der Waals surface area contributed by atoms with Gasteiger partial charge in [-0.15, -0.1) is 10.2 Å². The van der Waals surface area contributed by atoms with Crippen LogP contribution in [0.4, 0.5) is 4.39 Å². The van der Waals surface area contributed by atoms with E-state index in [4.69, 9.17) is 11.6 Å². The molecule has 1 saturated heterocycles. The monoisotopic (exact) mass is 494 g/mol. The number of halogens is 2. The standard InChI is InChI=1S/C26H28ClFN6O/c1-16(3-4-19-8-23-31-29-15-33(23)12-22(19)28)34-13-26(14-34)9-17(10-26)7-18-5-6-21(27)24-20(18)11-30-32(2)25(24)35/h5-6,8,11-12,15-17H,3-4,7,9-10,13-14H2,1-2H3/t16-/m0/s1. The fraction of sp³-hybridized carbons (Fsp3) is 0.462. The van der Waals surface area contributed by atoms with Gasteiger partial charge in [-0.2, -0.15) is 5.10 Å². The molecule has 1 aliphatic carbocycles. The second kappa shape index (κ2) is 8.38. The van der Waals surface area contributed by atoms with Crippen LogP contribution in [0.15, 0.2) is 41.7 Å². The van der Waals surface area contributed by atoms with Crippen LogP contribution in [0, 0.1) is 17.2 Å². The molecule has 7 nitrogen and oxygen atoms in total. The van der Waals surface area contributed by atoms with Crippen molar-refractivity contribution in [1.82, 2.24) is 29.3 Å². The number of benzene rings is 1. The van der Waals surface area contributed by atoms with Gasteiger partial charge >= 0.3 is 0 Å². The van der Waals surface area contributed by atoms with Gasteiger partial charge in [0.15, 0.2) is 5.65 Å². The van der Waals surface area contributed by atoms with E-state index in [1.165, 1.54) is 30.0 Å². The summed E-state index contributed by atoms with van der Waals surface area (Å²) >= 11 is 6.33. The number of nitrogens with zero attached hydrogens (tertiary/aromatic N) is 6. The predicted molar refractivity (Wildman–Crippen MR) is 133 cm³/mol. The minimum atomic E-state index is -0.200. The van der Waals surface area contributed by atoms with E-state index in [1.54, 1.807) is 23.7 Å². The zero-order valence-electron chi connectivity index (χ0n) is 19.9. The van der Waals surface area contributed by atoms with Crippen LogP contribution in [0.2, 0.25) is 5.02 Å². The summed E-state index contributed by atoms with van der Waals surface area (Å²) in [4.78, 5) is 15.0. The highest BCUT2D eigenvalue weighted by molar-refractivity contribution is 6.35. The summed E-state index contributed by atoms with van der Waals surface area (Å²) in [5.74, 6) is 0.416. The molecule has 0 bridgehead atoms. The Labute approximate surface area is 207 Å². The molecule has 1 atom stereocenters. The minimum Gasteiger partial charge on any atom is -0.299 e. The largest absolute Gasteiger partial charge is 0.299 e. The maximum Gasteiger partial charge on any atom is 0.275 e. The number of hydrogen-bond donors (Lipinski definition) is 0. The fourth-order valence-corrected chi connectivity index (χ4v) is 6.41. The lowest BCUT2D eigenvalue weighted by molar-refractivity contribution is -0.110. The van der Waals surface area contributed by atoms with Crippen molar-refractivity contribution in [3.05, 3.63) is 69.2 Å². The minimum absolute atomic E-state index is 0.149. The number of aromatic nitrogens is 5. The molecular weight excluding hydrogens is 467 g/mol. The van der Waals surface area contributed by atoms with E-state index in [0.29, 0.717) is 45.4 Å². The third-order valence-electron chi connectivity index (χ3n) is 8.10. The van der Waals surface area contributed by atoms with Gasteiger partial charge in [-0.1, -0.05) is 17.7 Å². The maximum absolute atomic E-state index is 14.4. The zero-order chi connectivity index (χ0) is 24.3. The van der Waals surface area contributed by atoms with Gasteiger partial charge in [-0.25, -0.2) is 9.07 Å². The molecule has 4 heterocycles. The van der Waals surface area contributed by atoms with Gasteiger partial charge in [0.1, 0.15) is 12.1 Å². The number of likely N-dealkylation sites (tertiary alicyclic amines) is 1. The molecule has 1 aliphatic heterocycles. The second-order valence-electron chi connectivity index (χ2n) is 10.6.